The van der Waals surface area contributed by atoms with Gasteiger partial charge in [0.15, 0.2) is 0 Å². The Balaban J connectivity index is 2.37. The minimum atomic E-state index is 0.667. The smallest absolute Gasteiger partial charge is 0.0991 e. The van der Waals surface area contributed by atoms with Crippen LogP contribution in [0, 0.1) is 11.3 Å². The monoisotopic (exact) mass is 270 g/mol. The molecule has 2 nitrogen and oxygen atoms in total. The molecule has 0 bridgehead atoms. The van der Waals surface area contributed by atoms with E-state index in [9.17, 15) is 0 Å². The number of rotatable bonds is 4. The van der Waals surface area contributed by atoms with Crippen molar-refractivity contribution in [2.24, 2.45) is 0 Å². The fraction of sp³-hybridized carbons (Fsp3) is 0.188. The summed E-state index contributed by atoms with van der Waals surface area (Å²) in [5.41, 5.74) is 3.85. The van der Waals surface area contributed by atoms with Gasteiger partial charge in [0, 0.05) is 11.6 Å². The number of hydrogen-bond acceptors (Lipinski definition) is 2. The standard InChI is InChI=1S/C16H15ClN2/c1-2-19-11-15-9-14(6-7-16(15)17)13-5-3-4-12(8-13)10-18/h3-9,19H,2,11H2,1H3. The summed E-state index contributed by atoms with van der Waals surface area (Å²) < 4.78 is 0. The van der Waals surface area contributed by atoms with Crippen molar-refractivity contribution in [3.05, 3.63) is 58.6 Å². The Labute approximate surface area is 118 Å². The quantitative estimate of drug-likeness (QED) is 0.912. The van der Waals surface area contributed by atoms with Crippen LogP contribution in [-0.4, -0.2) is 6.54 Å². The summed E-state index contributed by atoms with van der Waals surface area (Å²) in [6.45, 7) is 3.72. The SMILES string of the molecule is CCNCc1cc(-c2cccc(C#N)c2)ccc1Cl. The van der Waals surface area contributed by atoms with E-state index in [4.69, 9.17) is 16.9 Å². The van der Waals surface area contributed by atoms with Gasteiger partial charge in [-0.3, -0.25) is 0 Å². The number of halogens is 1. The Kier molecular flexibility index (Phi) is 4.57. The lowest BCUT2D eigenvalue weighted by atomic mass is 10.0. The number of benzene rings is 2. The van der Waals surface area contributed by atoms with Gasteiger partial charge >= 0.3 is 0 Å². The van der Waals surface area contributed by atoms with E-state index in [0.717, 1.165) is 34.8 Å². The van der Waals surface area contributed by atoms with Crippen molar-refractivity contribution in [3.63, 3.8) is 0 Å². The second kappa shape index (κ2) is 6.38. The van der Waals surface area contributed by atoms with Crippen LogP contribution in [0.1, 0.15) is 18.1 Å². The summed E-state index contributed by atoms with van der Waals surface area (Å²) in [4.78, 5) is 0. The molecule has 0 aliphatic heterocycles. The van der Waals surface area contributed by atoms with Crippen LogP contribution in [0.25, 0.3) is 11.1 Å². The van der Waals surface area contributed by atoms with E-state index < -0.39 is 0 Å². The molecule has 0 atom stereocenters. The highest BCUT2D eigenvalue weighted by Crippen LogP contribution is 2.25. The van der Waals surface area contributed by atoms with E-state index in [1.807, 2.05) is 30.3 Å². The van der Waals surface area contributed by atoms with Gasteiger partial charge in [-0.15, -0.1) is 0 Å². The van der Waals surface area contributed by atoms with Crippen molar-refractivity contribution in [2.75, 3.05) is 6.54 Å². The van der Waals surface area contributed by atoms with E-state index in [-0.39, 0.29) is 0 Å². The summed E-state index contributed by atoms with van der Waals surface area (Å²) in [6, 6.07) is 15.7. The third kappa shape index (κ3) is 3.35. The van der Waals surface area contributed by atoms with E-state index in [1.54, 1.807) is 6.07 Å². The first-order valence-electron chi connectivity index (χ1n) is 6.24. The number of nitrogens with one attached hydrogen (secondary N) is 1. The van der Waals surface area contributed by atoms with E-state index in [2.05, 4.69) is 24.4 Å². The maximum atomic E-state index is 8.94. The largest absolute Gasteiger partial charge is 0.313 e. The van der Waals surface area contributed by atoms with Crippen LogP contribution in [0.5, 0.6) is 0 Å². The fourth-order valence-electron chi connectivity index (χ4n) is 1.92. The normalized spacial score (nSPS) is 10.2. The molecule has 0 fully saturated rings. The highest BCUT2D eigenvalue weighted by molar-refractivity contribution is 6.31. The lowest BCUT2D eigenvalue weighted by molar-refractivity contribution is 0.727. The van der Waals surface area contributed by atoms with Crippen molar-refractivity contribution in [3.8, 4) is 17.2 Å². The molecule has 0 aromatic heterocycles. The Morgan fingerprint density at radius 2 is 1.95 bits per heavy atom. The van der Waals surface area contributed by atoms with Gasteiger partial charge in [-0.05, 0) is 47.5 Å². The molecule has 0 saturated carbocycles. The molecule has 2 rings (SSSR count). The van der Waals surface area contributed by atoms with Gasteiger partial charge in [-0.25, -0.2) is 0 Å². The van der Waals surface area contributed by atoms with Gasteiger partial charge in [-0.1, -0.05) is 36.7 Å². The molecule has 0 spiro atoms. The summed E-state index contributed by atoms with van der Waals surface area (Å²) >= 11 is 6.19. The van der Waals surface area contributed by atoms with Gasteiger partial charge in [0.05, 0.1) is 11.6 Å². The zero-order chi connectivity index (χ0) is 13.7. The molecule has 2 aromatic carbocycles. The van der Waals surface area contributed by atoms with Gasteiger partial charge in [0.25, 0.3) is 0 Å². The molecule has 2 aromatic rings. The average molecular weight is 271 g/mol. The second-order valence-corrected chi connectivity index (χ2v) is 4.69. The maximum Gasteiger partial charge on any atom is 0.0991 e. The molecule has 3 heteroatoms. The minimum absolute atomic E-state index is 0.667. The number of nitrogens with zero attached hydrogens (tertiary/aromatic N) is 1. The molecular formula is C16H15ClN2. The van der Waals surface area contributed by atoms with E-state index >= 15 is 0 Å². The summed E-state index contributed by atoms with van der Waals surface area (Å²) in [7, 11) is 0. The first-order chi connectivity index (χ1) is 9.24. The summed E-state index contributed by atoms with van der Waals surface area (Å²) in [5.74, 6) is 0. The molecule has 1 N–H and O–H groups in total. The van der Waals surface area contributed by atoms with Crippen LogP contribution in [0.15, 0.2) is 42.5 Å². The molecule has 19 heavy (non-hydrogen) atoms. The molecule has 96 valence electrons. The minimum Gasteiger partial charge on any atom is -0.313 e. The van der Waals surface area contributed by atoms with Gasteiger partial charge < -0.3 is 5.32 Å². The second-order valence-electron chi connectivity index (χ2n) is 4.28. The zero-order valence-corrected chi connectivity index (χ0v) is 11.5. The first-order valence-corrected chi connectivity index (χ1v) is 6.62. The Morgan fingerprint density at radius 3 is 2.68 bits per heavy atom. The van der Waals surface area contributed by atoms with Crippen LogP contribution >= 0.6 is 11.6 Å². The molecular weight excluding hydrogens is 256 g/mol. The van der Waals surface area contributed by atoms with Gasteiger partial charge in [0.1, 0.15) is 0 Å². The molecule has 0 aliphatic carbocycles. The van der Waals surface area contributed by atoms with Crippen molar-refractivity contribution in [2.45, 2.75) is 13.5 Å². The van der Waals surface area contributed by atoms with Crippen molar-refractivity contribution >= 4 is 11.6 Å². The van der Waals surface area contributed by atoms with Crippen LogP contribution in [0.3, 0.4) is 0 Å². The highest BCUT2D eigenvalue weighted by Gasteiger charge is 2.04. The lowest BCUT2D eigenvalue weighted by Crippen LogP contribution is -2.12. The first kappa shape index (κ1) is 13.6. The topological polar surface area (TPSA) is 35.8 Å². The van der Waals surface area contributed by atoms with Gasteiger partial charge in [0.2, 0.25) is 0 Å². The predicted molar refractivity (Wildman–Crippen MR) is 79.0 cm³/mol. The van der Waals surface area contributed by atoms with Gasteiger partial charge in [-0.2, -0.15) is 5.26 Å². The summed E-state index contributed by atoms with van der Waals surface area (Å²) in [5, 5.41) is 13.0. The number of nitriles is 1. The third-order valence-corrected chi connectivity index (χ3v) is 3.30. The van der Waals surface area contributed by atoms with Crippen molar-refractivity contribution in [1.29, 1.82) is 5.26 Å². The predicted octanol–water partition coefficient (Wildman–Crippen LogP) is 3.99. The van der Waals surface area contributed by atoms with Crippen LogP contribution in [0.4, 0.5) is 0 Å². The van der Waals surface area contributed by atoms with Crippen molar-refractivity contribution in [1.82, 2.24) is 5.32 Å². The third-order valence-electron chi connectivity index (χ3n) is 2.94. The molecule has 0 radical (unpaired) electrons. The highest BCUT2D eigenvalue weighted by atomic mass is 35.5. The lowest BCUT2D eigenvalue weighted by Gasteiger charge is -2.08. The molecule has 0 unspecified atom stereocenters. The van der Waals surface area contributed by atoms with E-state index in [0.29, 0.717) is 5.56 Å². The zero-order valence-electron chi connectivity index (χ0n) is 10.8. The Bertz CT molecular complexity index is 614. The summed E-state index contributed by atoms with van der Waals surface area (Å²) in [6.07, 6.45) is 0. The van der Waals surface area contributed by atoms with E-state index in [1.165, 1.54) is 0 Å². The molecule has 0 saturated heterocycles. The maximum absolute atomic E-state index is 8.94. The molecule has 0 aliphatic rings. The molecule has 0 heterocycles. The number of hydrogen-bond donors (Lipinski definition) is 1. The van der Waals surface area contributed by atoms with Crippen LogP contribution < -0.4 is 5.32 Å². The Morgan fingerprint density at radius 1 is 1.16 bits per heavy atom. The van der Waals surface area contributed by atoms with Crippen LogP contribution in [0.2, 0.25) is 5.02 Å². The molecule has 0 amide bonds. The Hall–Kier alpha value is -1.82. The fourth-order valence-corrected chi connectivity index (χ4v) is 2.10. The average Bonchev–Trinajstić information content (AvgIpc) is 2.46. The van der Waals surface area contributed by atoms with Crippen LogP contribution in [-0.2, 0) is 6.54 Å². The van der Waals surface area contributed by atoms with Crippen molar-refractivity contribution < 1.29 is 0 Å².